The van der Waals surface area contributed by atoms with Gasteiger partial charge in [0.05, 0.1) is 21.7 Å². The molecule has 1 unspecified atom stereocenters. The first-order valence-corrected chi connectivity index (χ1v) is 8.66. The Bertz CT molecular complexity index is 956. The molecular formula is C17H15F3N6O3. The molecule has 2 amide bonds. The van der Waals surface area contributed by atoms with Gasteiger partial charge < -0.3 is 10.6 Å². The van der Waals surface area contributed by atoms with Gasteiger partial charge >= 0.3 is 12.2 Å². The van der Waals surface area contributed by atoms with E-state index in [-0.39, 0.29) is 29.0 Å². The largest absolute Gasteiger partial charge is 0.418 e. The Balaban J connectivity index is 1.60. The number of carbonyl (C=O) groups excluding carboxylic acids is 1. The number of nitrogens with one attached hydrogen (secondary N) is 3. The number of carbonyl (C=O) groups is 1. The summed E-state index contributed by atoms with van der Waals surface area (Å²) in [5.74, 6) is -0.424. The Morgan fingerprint density at radius 3 is 2.55 bits per heavy atom. The predicted octanol–water partition coefficient (Wildman–Crippen LogP) is 2.27. The number of amides is 2. The number of anilines is 1. The van der Waals surface area contributed by atoms with E-state index in [9.17, 15) is 28.1 Å². The molecule has 152 valence electrons. The summed E-state index contributed by atoms with van der Waals surface area (Å²) in [4.78, 5) is 30.3. The Labute approximate surface area is 161 Å². The highest BCUT2D eigenvalue weighted by Crippen LogP contribution is 2.60. The van der Waals surface area contributed by atoms with Gasteiger partial charge in [0.25, 0.3) is 5.69 Å². The van der Waals surface area contributed by atoms with Crippen molar-refractivity contribution in [3.63, 3.8) is 0 Å². The fourth-order valence-corrected chi connectivity index (χ4v) is 4.00. The Kier molecular flexibility index (Phi) is 4.37. The number of pyridine rings is 2. The van der Waals surface area contributed by atoms with Crippen LogP contribution < -0.4 is 16.0 Å². The summed E-state index contributed by atoms with van der Waals surface area (Å²) in [6, 6.07) is 3.79. The van der Waals surface area contributed by atoms with Crippen LogP contribution in [0.1, 0.15) is 11.3 Å². The highest BCUT2D eigenvalue weighted by molar-refractivity contribution is 5.89. The Morgan fingerprint density at radius 2 is 1.97 bits per heavy atom. The number of aromatic nitrogens is 2. The molecule has 9 nitrogen and oxygen atoms in total. The molecule has 12 heteroatoms. The molecule has 0 spiro atoms. The average molecular weight is 408 g/mol. The minimum absolute atomic E-state index is 0.0317. The number of urea groups is 1. The van der Waals surface area contributed by atoms with Crippen molar-refractivity contribution in [2.45, 2.75) is 11.7 Å². The molecule has 3 N–H and O–H groups in total. The summed E-state index contributed by atoms with van der Waals surface area (Å²) >= 11 is 0. The van der Waals surface area contributed by atoms with Crippen molar-refractivity contribution >= 4 is 17.5 Å². The molecule has 1 aliphatic carbocycles. The molecule has 0 bridgehead atoms. The molecule has 0 radical (unpaired) electrons. The van der Waals surface area contributed by atoms with Crippen molar-refractivity contribution in [3.8, 4) is 0 Å². The molecule has 0 aromatic carbocycles. The van der Waals surface area contributed by atoms with Crippen LogP contribution in [0.4, 0.5) is 29.5 Å². The van der Waals surface area contributed by atoms with E-state index in [1.807, 2.05) is 0 Å². The lowest BCUT2D eigenvalue weighted by Gasteiger charge is -2.25. The van der Waals surface area contributed by atoms with Gasteiger partial charge in [-0.05, 0) is 18.2 Å². The predicted molar refractivity (Wildman–Crippen MR) is 93.8 cm³/mol. The second kappa shape index (κ2) is 6.65. The summed E-state index contributed by atoms with van der Waals surface area (Å²) < 4.78 is 40.6. The maximum Gasteiger partial charge on any atom is 0.418 e. The van der Waals surface area contributed by atoms with E-state index in [4.69, 9.17) is 0 Å². The van der Waals surface area contributed by atoms with Crippen molar-refractivity contribution in [1.29, 1.82) is 0 Å². The lowest BCUT2D eigenvalue weighted by Crippen LogP contribution is -2.45. The van der Waals surface area contributed by atoms with Crippen LogP contribution >= 0.6 is 0 Å². The van der Waals surface area contributed by atoms with Gasteiger partial charge in [-0.1, -0.05) is 0 Å². The van der Waals surface area contributed by atoms with Crippen molar-refractivity contribution in [1.82, 2.24) is 20.6 Å². The van der Waals surface area contributed by atoms with Gasteiger partial charge in [-0.15, -0.1) is 0 Å². The second-order valence-electron chi connectivity index (χ2n) is 6.88. The first kappa shape index (κ1) is 19.1. The fourth-order valence-electron chi connectivity index (χ4n) is 4.00. The SMILES string of the molecule is O=C(Nc1ccc([N+](=O)[O-])cn1)N[C@@]1(c2ncccc2C(F)(F)F)C2CNC[C@H]21. The topological polar surface area (TPSA) is 122 Å². The summed E-state index contributed by atoms with van der Waals surface area (Å²) in [5.41, 5.74) is -2.60. The molecule has 2 fully saturated rings. The van der Waals surface area contributed by atoms with E-state index in [0.717, 1.165) is 18.3 Å². The number of hydrogen-bond donors (Lipinski definition) is 3. The molecule has 2 aliphatic rings. The molecule has 3 atom stereocenters. The van der Waals surface area contributed by atoms with Crippen LogP contribution in [0.15, 0.2) is 36.7 Å². The summed E-state index contributed by atoms with van der Waals surface area (Å²) in [5, 5.41) is 18.8. The molecule has 1 saturated carbocycles. The van der Waals surface area contributed by atoms with Gasteiger partial charge in [-0.2, -0.15) is 13.2 Å². The Hall–Kier alpha value is -3.28. The third-order valence-electron chi connectivity index (χ3n) is 5.30. The molecule has 1 saturated heterocycles. The fraction of sp³-hybridized carbons (Fsp3) is 0.353. The number of fused-ring (bicyclic) bond motifs is 1. The number of halogens is 3. The number of nitro groups is 1. The zero-order chi connectivity index (χ0) is 20.8. The van der Waals surface area contributed by atoms with Crippen molar-refractivity contribution in [2.75, 3.05) is 18.4 Å². The highest BCUT2D eigenvalue weighted by Gasteiger charge is 2.70. The van der Waals surface area contributed by atoms with E-state index in [2.05, 4.69) is 25.9 Å². The van der Waals surface area contributed by atoms with Crippen LogP contribution in [0, 0.1) is 22.0 Å². The zero-order valence-corrected chi connectivity index (χ0v) is 14.7. The number of alkyl halides is 3. The summed E-state index contributed by atoms with van der Waals surface area (Å²) in [6.07, 6.45) is -2.37. The lowest BCUT2D eigenvalue weighted by atomic mass is 10.00. The van der Waals surface area contributed by atoms with Gasteiger partial charge in [0, 0.05) is 37.2 Å². The van der Waals surface area contributed by atoms with E-state index in [1.165, 1.54) is 18.3 Å². The van der Waals surface area contributed by atoms with E-state index in [0.29, 0.717) is 13.1 Å². The van der Waals surface area contributed by atoms with Gasteiger partial charge in [0.1, 0.15) is 12.0 Å². The minimum Gasteiger partial charge on any atom is -0.326 e. The van der Waals surface area contributed by atoms with Gasteiger partial charge in [-0.3, -0.25) is 20.4 Å². The third-order valence-corrected chi connectivity index (χ3v) is 5.30. The molecule has 3 heterocycles. The summed E-state index contributed by atoms with van der Waals surface area (Å²) in [6.45, 7) is 0.906. The number of piperidine rings is 1. The highest BCUT2D eigenvalue weighted by atomic mass is 19.4. The maximum absolute atomic E-state index is 13.5. The molecule has 4 rings (SSSR count). The van der Waals surface area contributed by atoms with Crippen molar-refractivity contribution < 1.29 is 22.9 Å². The van der Waals surface area contributed by atoms with E-state index in [1.54, 1.807) is 0 Å². The van der Waals surface area contributed by atoms with E-state index >= 15 is 0 Å². The van der Waals surface area contributed by atoms with Crippen LogP contribution in [0.2, 0.25) is 0 Å². The van der Waals surface area contributed by atoms with Crippen LogP contribution in [0.25, 0.3) is 0 Å². The molecule has 29 heavy (non-hydrogen) atoms. The second-order valence-corrected chi connectivity index (χ2v) is 6.88. The summed E-state index contributed by atoms with van der Waals surface area (Å²) in [7, 11) is 0. The monoisotopic (exact) mass is 408 g/mol. The standard InChI is InChI=1S/C17H15F3N6O3/c18-17(19,20)10-2-1-5-22-14(10)16(11-7-21-8-12(11)16)25-15(27)24-13-4-3-9(6-23-13)26(28)29/h1-6,11-12,21H,7-8H2,(H2,23,24,25,27)/t11-,12?,16-/m1/s1. The molecule has 2 aromatic heterocycles. The van der Waals surface area contributed by atoms with Crippen molar-refractivity contribution in [2.24, 2.45) is 11.8 Å². The van der Waals surface area contributed by atoms with Gasteiger partial charge in [-0.25, -0.2) is 9.78 Å². The van der Waals surface area contributed by atoms with Crippen LogP contribution in [0.5, 0.6) is 0 Å². The third kappa shape index (κ3) is 3.24. The number of rotatable bonds is 4. The Morgan fingerprint density at radius 1 is 1.24 bits per heavy atom. The quantitative estimate of drug-likeness (QED) is 0.527. The van der Waals surface area contributed by atoms with E-state index < -0.39 is 28.2 Å². The average Bonchev–Trinajstić information content (AvgIpc) is 3.02. The maximum atomic E-state index is 13.5. The number of nitrogens with zero attached hydrogens (tertiary/aromatic N) is 3. The molecule has 1 aliphatic heterocycles. The minimum atomic E-state index is -4.61. The first-order valence-electron chi connectivity index (χ1n) is 8.66. The van der Waals surface area contributed by atoms with Crippen LogP contribution in [-0.4, -0.2) is 34.0 Å². The lowest BCUT2D eigenvalue weighted by molar-refractivity contribution is -0.385. The van der Waals surface area contributed by atoms with Gasteiger partial charge in [0.15, 0.2) is 0 Å². The normalized spacial score (nSPS) is 25.2. The van der Waals surface area contributed by atoms with Crippen LogP contribution in [-0.2, 0) is 11.7 Å². The number of hydrogen-bond acceptors (Lipinski definition) is 6. The van der Waals surface area contributed by atoms with Crippen molar-refractivity contribution in [3.05, 3.63) is 58.0 Å². The van der Waals surface area contributed by atoms with Gasteiger partial charge in [0.2, 0.25) is 0 Å². The first-order chi connectivity index (χ1) is 13.7. The van der Waals surface area contributed by atoms with Crippen LogP contribution in [0.3, 0.4) is 0 Å². The zero-order valence-electron chi connectivity index (χ0n) is 14.7. The smallest absolute Gasteiger partial charge is 0.326 e. The molecular weight excluding hydrogens is 393 g/mol. The molecule has 2 aromatic rings.